The van der Waals surface area contributed by atoms with Crippen molar-refractivity contribution < 1.29 is 9.90 Å². The van der Waals surface area contributed by atoms with Crippen LogP contribution < -0.4 is 16.4 Å². The molecule has 0 bridgehead atoms. The molecule has 0 aliphatic carbocycles. The molecule has 1 amide bonds. The molecular formula is C28H33N3O2. The van der Waals surface area contributed by atoms with Gasteiger partial charge in [0.25, 0.3) is 0 Å². The monoisotopic (exact) mass is 443 g/mol. The first-order valence-corrected chi connectivity index (χ1v) is 11.6. The van der Waals surface area contributed by atoms with Crippen LogP contribution in [-0.4, -0.2) is 23.1 Å². The van der Waals surface area contributed by atoms with Crippen LogP contribution in [0.15, 0.2) is 60.7 Å². The van der Waals surface area contributed by atoms with Crippen LogP contribution in [0.1, 0.15) is 52.8 Å². The summed E-state index contributed by atoms with van der Waals surface area (Å²) in [6, 6.07) is 19.8. The number of carbonyl (C=O) groups is 1. The first kappa shape index (κ1) is 22.9. The summed E-state index contributed by atoms with van der Waals surface area (Å²) in [5, 5.41) is 16.5. The van der Waals surface area contributed by atoms with E-state index in [1.807, 2.05) is 19.9 Å². The van der Waals surface area contributed by atoms with Crippen molar-refractivity contribution in [2.24, 2.45) is 5.73 Å². The molecule has 3 atom stereocenters. The van der Waals surface area contributed by atoms with Gasteiger partial charge in [-0.15, -0.1) is 0 Å². The Bertz CT molecular complexity index is 1120. The molecule has 1 aliphatic rings. The Hall–Kier alpha value is -3.31. The fourth-order valence-corrected chi connectivity index (χ4v) is 4.80. The first-order chi connectivity index (χ1) is 15.8. The topological polar surface area (TPSA) is 87.4 Å². The standard InChI is InChI=1S/C28H33N3O2/c1-17-11-22(32)12-18(2)23(17)16-25(29)28(33)31-27-13-19(3)30-26-10-9-21(15-24(26)27)14-20-7-5-4-6-8-20/h4-12,15,19,25,27,30,32H,13-14,16,29H2,1-3H3,(H,31,33). The Morgan fingerprint density at radius 2 is 1.79 bits per heavy atom. The van der Waals surface area contributed by atoms with E-state index in [1.54, 1.807) is 12.1 Å². The lowest BCUT2D eigenvalue weighted by molar-refractivity contribution is -0.123. The average Bonchev–Trinajstić information content (AvgIpc) is 2.77. The normalized spacial score (nSPS) is 18.2. The van der Waals surface area contributed by atoms with Gasteiger partial charge in [0, 0.05) is 11.7 Å². The van der Waals surface area contributed by atoms with Crippen molar-refractivity contribution in [2.45, 2.75) is 58.2 Å². The summed E-state index contributed by atoms with van der Waals surface area (Å²) in [5.74, 6) is 0.0822. The number of amides is 1. The molecule has 5 N–H and O–H groups in total. The van der Waals surface area contributed by atoms with E-state index in [0.717, 1.165) is 40.8 Å². The minimum Gasteiger partial charge on any atom is -0.508 e. The third-order valence-electron chi connectivity index (χ3n) is 6.49. The largest absolute Gasteiger partial charge is 0.508 e. The molecule has 5 nitrogen and oxygen atoms in total. The Morgan fingerprint density at radius 1 is 1.09 bits per heavy atom. The van der Waals surface area contributed by atoms with Gasteiger partial charge in [0.2, 0.25) is 5.91 Å². The molecule has 0 spiro atoms. The van der Waals surface area contributed by atoms with Crippen molar-refractivity contribution in [3.63, 3.8) is 0 Å². The van der Waals surface area contributed by atoms with Crippen LogP contribution in [0.3, 0.4) is 0 Å². The van der Waals surface area contributed by atoms with E-state index in [9.17, 15) is 9.90 Å². The number of fused-ring (bicyclic) bond motifs is 1. The smallest absolute Gasteiger partial charge is 0.237 e. The van der Waals surface area contributed by atoms with Gasteiger partial charge in [0.1, 0.15) is 5.75 Å². The molecular weight excluding hydrogens is 410 g/mol. The molecule has 3 aromatic rings. The average molecular weight is 444 g/mol. The molecule has 0 saturated carbocycles. The van der Waals surface area contributed by atoms with E-state index in [4.69, 9.17) is 5.73 Å². The maximum atomic E-state index is 13.1. The summed E-state index contributed by atoms with van der Waals surface area (Å²) < 4.78 is 0. The zero-order chi connectivity index (χ0) is 23.5. The maximum Gasteiger partial charge on any atom is 0.237 e. The van der Waals surface area contributed by atoms with E-state index in [1.165, 1.54) is 11.1 Å². The number of carbonyl (C=O) groups excluding carboxylic acids is 1. The molecule has 172 valence electrons. The van der Waals surface area contributed by atoms with Crippen molar-refractivity contribution in [1.82, 2.24) is 5.32 Å². The Kier molecular flexibility index (Phi) is 6.70. The van der Waals surface area contributed by atoms with E-state index >= 15 is 0 Å². The van der Waals surface area contributed by atoms with Gasteiger partial charge < -0.3 is 21.5 Å². The molecule has 3 unspecified atom stereocenters. The van der Waals surface area contributed by atoms with Gasteiger partial charge in [-0.25, -0.2) is 0 Å². The fourth-order valence-electron chi connectivity index (χ4n) is 4.80. The zero-order valence-electron chi connectivity index (χ0n) is 19.6. The minimum atomic E-state index is -0.659. The number of phenols is 1. The van der Waals surface area contributed by atoms with Gasteiger partial charge in [-0.1, -0.05) is 42.5 Å². The molecule has 1 heterocycles. The molecule has 0 fully saturated rings. The highest BCUT2D eigenvalue weighted by Gasteiger charge is 2.28. The highest BCUT2D eigenvalue weighted by Crippen LogP contribution is 2.34. The van der Waals surface area contributed by atoms with Crippen LogP contribution >= 0.6 is 0 Å². The summed E-state index contributed by atoms with van der Waals surface area (Å²) in [6.07, 6.45) is 2.09. The van der Waals surface area contributed by atoms with Crippen molar-refractivity contribution in [3.8, 4) is 5.75 Å². The van der Waals surface area contributed by atoms with Crippen LogP contribution in [0.25, 0.3) is 0 Å². The molecule has 4 rings (SSSR count). The summed E-state index contributed by atoms with van der Waals surface area (Å²) in [5.41, 5.74) is 13.9. The lowest BCUT2D eigenvalue weighted by Crippen LogP contribution is -2.45. The molecule has 0 saturated heterocycles. The number of nitrogens with one attached hydrogen (secondary N) is 2. The third kappa shape index (κ3) is 5.37. The van der Waals surface area contributed by atoms with Gasteiger partial charge >= 0.3 is 0 Å². The maximum absolute atomic E-state index is 13.1. The van der Waals surface area contributed by atoms with Crippen molar-refractivity contribution >= 4 is 11.6 Å². The van der Waals surface area contributed by atoms with Crippen LogP contribution in [-0.2, 0) is 17.6 Å². The molecule has 3 aromatic carbocycles. The second-order valence-corrected chi connectivity index (χ2v) is 9.29. The fraction of sp³-hybridized carbons (Fsp3) is 0.321. The van der Waals surface area contributed by atoms with Gasteiger partial charge in [0.05, 0.1) is 12.1 Å². The van der Waals surface area contributed by atoms with Gasteiger partial charge in [-0.05, 0) is 91.6 Å². The molecule has 33 heavy (non-hydrogen) atoms. The number of hydrogen-bond donors (Lipinski definition) is 4. The Labute approximate surface area is 196 Å². The zero-order valence-corrected chi connectivity index (χ0v) is 19.6. The molecule has 0 aromatic heterocycles. The second kappa shape index (κ2) is 9.67. The van der Waals surface area contributed by atoms with Gasteiger partial charge in [-0.3, -0.25) is 4.79 Å². The van der Waals surface area contributed by atoms with Gasteiger partial charge in [-0.2, -0.15) is 0 Å². The Balaban J connectivity index is 1.51. The number of aryl methyl sites for hydroxylation is 2. The summed E-state index contributed by atoms with van der Waals surface area (Å²) in [6.45, 7) is 6.00. The van der Waals surface area contributed by atoms with Crippen LogP contribution in [0.4, 0.5) is 5.69 Å². The minimum absolute atomic E-state index is 0.0902. The molecule has 1 aliphatic heterocycles. The number of hydrogen-bond acceptors (Lipinski definition) is 4. The molecule has 0 radical (unpaired) electrons. The van der Waals surface area contributed by atoms with Crippen LogP contribution in [0, 0.1) is 13.8 Å². The lowest BCUT2D eigenvalue weighted by Gasteiger charge is -2.33. The predicted octanol–water partition coefficient (Wildman–Crippen LogP) is 4.53. The second-order valence-electron chi connectivity index (χ2n) is 9.29. The van der Waals surface area contributed by atoms with Crippen LogP contribution in [0.5, 0.6) is 5.75 Å². The molecule has 5 heteroatoms. The van der Waals surface area contributed by atoms with Crippen molar-refractivity contribution in [3.05, 3.63) is 94.0 Å². The lowest BCUT2D eigenvalue weighted by atomic mass is 9.90. The van der Waals surface area contributed by atoms with E-state index in [-0.39, 0.29) is 23.7 Å². The number of nitrogens with two attached hydrogens (primary N) is 1. The number of anilines is 1. The number of phenolic OH excluding ortho intramolecular Hbond substituents is 1. The Morgan fingerprint density at radius 3 is 2.48 bits per heavy atom. The highest BCUT2D eigenvalue weighted by atomic mass is 16.3. The summed E-state index contributed by atoms with van der Waals surface area (Å²) >= 11 is 0. The number of rotatable bonds is 6. The number of benzene rings is 3. The van der Waals surface area contributed by atoms with Crippen LogP contribution in [0.2, 0.25) is 0 Å². The SMILES string of the molecule is Cc1cc(O)cc(C)c1CC(N)C(=O)NC1CC(C)Nc2ccc(Cc3ccccc3)cc21. The van der Waals surface area contributed by atoms with E-state index in [0.29, 0.717) is 6.42 Å². The van der Waals surface area contributed by atoms with Crippen molar-refractivity contribution in [2.75, 3.05) is 5.32 Å². The third-order valence-corrected chi connectivity index (χ3v) is 6.49. The number of aromatic hydroxyl groups is 1. The quantitative estimate of drug-likeness (QED) is 0.451. The van der Waals surface area contributed by atoms with Gasteiger partial charge in [0.15, 0.2) is 0 Å². The summed E-state index contributed by atoms with van der Waals surface area (Å²) in [4.78, 5) is 13.1. The summed E-state index contributed by atoms with van der Waals surface area (Å²) in [7, 11) is 0. The van der Waals surface area contributed by atoms with E-state index < -0.39 is 6.04 Å². The van der Waals surface area contributed by atoms with E-state index in [2.05, 4.69) is 60.0 Å². The first-order valence-electron chi connectivity index (χ1n) is 11.6. The highest BCUT2D eigenvalue weighted by molar-refractivity contribution is 5.83. The van der Waals surface area contributed by atoms with Crippen molar-refractivity contribution in [1.29, 1.82) is 0 Å². The predicted molar refractivity (Wildman–Crippen MR) is 134 cm³/mol.